The lowest BCUT2D eigenvalue weighted by Crippen LogP contribution is -2.25. The molecule has 108 valence electrons. The van der Waals surface area contributed by atoms with Gasteiger partial charge in [0.2, 0.25) is 0 Å². The molecule has 3 rings (SSSR count). The third-order valence-electron chi connectivity index (χ3n) is 2.50. The van der Waals surface area contributed by atoms with E-state index < -0.39 is 12.2 Å². The van der Waals surface area contributed by atoms with E-state index >= 15 is 0 Å². The maximum Gasteiger partial charge on any atom is 0.586 e. The fourth-order valence-electron chi connectivity index (χ4n) is 1.67. The number of fused-ring (bicyclic) bond motifs is 1. The summed E-state index contributed by atoms with van der Waals surface area (Å²) in [5.74, 6) is -0.869. The van der Waals surface area contributed by atoms with Crippen molar-refractivity contribution in [2.75, 3.05) is 5.32 Å². The van der Waals surface area contributed by atoms with Crippen molar-refractivity contribution < 1.29 is 23.0 Å². The van der Waals surface area contributed by atoms with Crippen molar-refractivity contribution in [2.45, 2.75) is 6.29 Å². The number of carbonyl (C=O) groups excluding carboxylic acids is 1. The highest BCUT2D eigenvalue weighted by molar-refractivity contribution is 6.29. The van der Waals surface area contributed by atoms with Crippen LogP contribution in [-0.4, -0.2) is 22.2 Å². The van der Waals surface area contributed by atoms with E-state index in [1.807, 2.05) is 0 Å². The van der Waals surface area contributed by atoms with Gasteiger partial charge < -0.3 is 14.8 Å². The van der Waals surface area contributed by atoms with Crippen LogP contribution in [0.15, 0.2) is 30.6 Å². The lowest BCUT2D eigenvalue weighted by atomic mass is 10.2. The Kier molecular flexibility index (Phi) is 3.09. The minimum Gasteiger partial charge on any atom is -0.395 e. The van der Waals surface area contributed by atoms with Crippen molar-refractivity contribution in [1.82, 2.24) is 9.97 Å². The fourth-order valence-corrected chi connectivity index (χ4v) is 1.82. The second-order valence-corrected chi connectivity index (χ2v) is 4.40. The van der Waals surface area contributed by atoms with E-state index in [0.29, 0.717) is 0 Å². The number of anilines is 1. The minimum absolute atomic E-state index is 0.00880. The third kappa shape index (κ3) is 2.84. The molecule has 21 heavy (non-hydrogen) atoms. The van der Waals surface area contributed by atoms with Gasteiger partial charge in [-0.2, -0.15) is 0 Å². The second kappa shape index (κ2) is 4.81. The number of ether oxygens (including phenoxy) is 2. The van der Waals surface area contributed by atoms with E-state index in [1.165, 1.54) is 30.6 Å². The van der Waals surface area contributed by atoms with E-state index in [2.05, 4.69) is 24.8 Å². The normalized spacial score (nSPS) is 14.8. The second-order valence-electron chi connectivity index (χ2n) is 4.01. The van der Waals surface area contributed by atoms with Crippen LogP contribution in [0.1, 0.15) is 10.5 Å². The first-order valence-electron chi connectivity index (χ1n) is 5.62. The number of rotatable bonds is 2. The number of hydrogen-bond acceptors (Lipinski definition) is 5. The predicted octanol–water partition coefficient (Wildman–Crippen LogP) is 2.70. The Balaban J connectivity index is 1.79. The van der Waals surface area contributed by atoms with Gasteiger partial charge in [0.05, 0.1) is 12.4 Å². The highest BCUT2D eigenvalue weighted by atomic mass is 35.5. The van der Waals surface area contributed by atoms with Crippen LogP contribution >= 0.6 is 11.6 Å². The molecular formula is C12H6ClF2N3O3. The van der Waals surface area contributed by atoms with Gasteiger partial charge in [-0.1, -0.05) is 11.6 Å². The highest BCUT2D eigenvalue weighted by Crippen LogP contribution is 2.42. The molecule has 0 unspecified atom stereocenters. The molecule has 0 fully saturated rings. The van der Waals surface area contributed by atoms with Crippen LogP contribution in [-0.2, 0) is 0 Å². The lowest BCUT2D eigenvalue weighted by Gasteiger charge is -2.05. The summed E-state index contributed by atoms with van der Waals surface area (Å²) >= 11 is 5.63. The molecule has 0 aliphatic carbocycles. The average Bonchev–Trinajstić information content (AvgIpc) is 2.72. The molecule has 6 nitrogen and oxygen atoms in total. The van der Waals surface area contributed by atoms with Crippen molar-refractivity contribution >= 4 is 23.2 Å². The summed E-state index contributed by atoms with van der Waals surface area (Å²) in [6.45, 7) is 0. The molecule has 1 aliphatic heterocycles. The van der Waals surface area contributed by atoms with E-state index in [1.54, 1.807) is 0 Å². The number of nitrogens with one attached hydrogen (secondary N) is 1. The molecule has 2 aromatic rings. The summed E-state index contributed by atoms with van der Waals surface area (Å²) < 4.78 is 34.3. The smallest absolute Gasteiger partial charge is 0.395 e. The number of benzene rings is 1. The van der Waals surface area contributed by atoms with Crippen LogP contribution in [0.3, 0.4) is 0 Å². The first-order chi connectivity index (χ1) is 9.93. The van der Waals surface area contributed by atoms with Crippen molar-refractivity contribution in [3.8, 4) is 11.5 Å². The fraction of sp³-hybridized carbons (Fsp3) is 0.0833. The van der Waals surface area contributed by atoms with Crippen molar-refractivity contribution in [3.05, 3.63) is 41.4 Å². The zero-order valence-electron chi connectivity index (χ0n) is 10.1. The van der Waals surface area contributed by atoms with Gasteiger partial charge in [-0.3, -0.25) is 9.78 Å². The zero-order valence-corrected chi connectivity index (χ0v) is 10.9. The molecule has 0 atom stereocenters. The molecule has 2 heterocycles. The number of nitrogens with zero attached hydrogens (tertiary/aromatic N) is 2. The molecule has 1 aromatic heterocycles. The molecule has 0 spiro atoms. The maximum absolute atomic E-state index is 12.9. The molecule has 0 bridgehead atoms. The summed E-state index contributed by atoms with van der Waals surface area (Å²) in [6.07, 6.45) is -1.20. The van der Waals surface area contributed by atoms with Crippen LogP contribution in [0.5, 0.6) is 11.5 Å². The molecule has 1 N–H and O–H groups in total. The Morgan fingerprint density at radius 1 is 1.24 bits per heavy atom. The van der Waals surface area contributed by atoms with Gasteiger partial charge in [0.15, 0.2) is 11.5 Å². The summed E-state index contributed by atoms with van der Waals surface area (Å²) in [6, 6.07) is 3.86. The molecular weight excluding hydrogens is 308 g/mol. The number of carbonyl (C=O) groups is 1. The highest BCUT2D eigenvalue weighted by Gasteiger charge is 2.43. The molecule has 1 aromatic carbocycles. The Morgan fingerprint density at radius 3 is 2.76 bits per heavy atom. The molecule has 9 heteroatoms. The number of aromatic nitrogens is 2. The Hall–Kier alpha value is -2.48. The summed E-state index contributed by atoms with van der Waals surface area (Å²) in [4.78, 5) is 19.4. The van der Waals surface area contributed by atoms with Gasteiger partial charge in [0, 0.05) is 11.8 Å². The van der Waals surface area contributed by atoms with Gasteiger partial charge in [-0.05, 0) is 12.1 Å². The molecule has 0 radical (unpaired) electrons. The lowest BCUT2D eigenvalue weighted by molar-refractivity contribution is -0.286. The van der Waals surface area contributed by atoms with Crippen molar-refractivity contribution in [2.24, 2.45) is 0 Å². The Bertz CT molecular complexity index is 727. The molecule has 1 amide bonds. The molecule has 1 aliphatic rings. The van der Waals surface area contributed by atoms with Crippen LogP contribution in [0, 0.1) is 0 Å². The standard InChI is InChI=1S/C12H6ClF2N3O3/c13-10-5-16-4-7(18-10)11(19)17-6-1-2-8-9(3-6)21-12(14,15)20-8/h1-5H,(H,17,19). The largest absolute Gasteiger partial charge is 0.586 e. The summed E-state index contributed by atoms with van der Waals surface area (Å²) in [5.41, 5.74) is 0.229. The van der Waals surface area contributed by atoms with Gasteiger partial charge >= 0.3 is 6.29 Å². The molecule has 0 saturated heterocycles. The van der Waals surface area contributed by atoms with Crippen molar-refractivity contribution in [3.63, 3.8) is 0 Å². The zero-order chi connectivity index (χ0) is 15.0. The topological polar surface area (TPSA) is 73.3 Å². The molecule has 0 saturated carbocycles. The van der Waals surface area contributed by atoms with Crippen LogP contribution in [0.2, 0.25) is 5.15 Å². The SMILES string of the molecule is O=C(Nc1ccc2c(c1)OC(F)(F)O2)c1cncc(Cl)n1. The van der Waals surface area contributed by atoms with Crippen LogP contribution in [0.25, 0.3) is 0 Å². The van der Waals surface area contributed by atoms with Gasteiger partial charge in [-0.15, -0.1) is 8.78 Å². The van der Waals surface area contributed by atoms with E-state index in [9.17, 15) is 13.6 Å². The minimum atomic E-state index is -3.70. The van der Waals surface area contributed by atoms with Gasteiger partial charge in [0.1, 0.15) is 10.8 Å². The Morgan fingerprint density at radius 2 is 2.00 bits per heavy atom. The van der Waals surface area contributed by atoms with Crippen LogP contribution < -0.4 is 14.8 Å². The van der Waals surface area contributed by atoms with E-state index in [0.717, 1.165) is 0 Å². The number of alkyl halides is 2. The number of amides is 1. The third-order valence-corrected chi connectivity index (χ3v) is 2.68. The monoisotopic (exact) mass is 313 g/mol. The Labute approximate surface area is 121 Å². The van der Waals surface area contributed by atoms with Gasteiger partial charge in [0.25, 0.3) is 5.91 Å². The number of hydrogen-bond donors (Lipinski definition) is 1. The van der Waals surface area contributed by atoms with Crippen LogP contribution in [0.4, 0.5) is 14.5 Å². The first-order valence-corrected chi connectivity index (χ1v) is 5.99. The first kappa shape index (κ1) is 13.5. The average molecular weight is 314 g/mol. The number of halogens is 3. The predicted molar refractivity (Wildman–Crippen MR) is 67.6 cm³/mol. The van der Waals surface area contributed by atoms with Crippen molar-refractivity contribution in [1.29, 1.82) is 0 Å². The van der Waals surface area contributed by atoms with E-state index in [4.69, 9.17) is 11.6 Å². The maximum atomic E-state index is 12.9. The van der Waals surface area contributed by atoms with E-state index in [-0.39, 0.29) is 28.0 Å². The van der Waals surface area contributed by atoms with Gasteiger partial charge in [-0.25, -0.2) is 4.98 Å². The summed E-state index contributed by atoms with van der Waals surface area (Å²) in [7, 11) is 0. The quantitative estimate of drug-likeness (QED) is 0.922. The summed E-state index contributed by atoms with van der Waals surface area (Å²) in [5, 5.41) is 2.52.